The zero-order chi connectivity index (χ0) is 23.6. The lowest BCUT2D eigenvalue weighted by Crippen LogP contribution is -2.59. The quantitative estimate of drug-likeness (QED) is 0.457. The van der Waals surface area contributed by atoms with E-state index >= 15 is 0 Å². The molecule has 0 spiro atoms. The minimum absolute atomic E-state index is 0.116. The van der Waals surface area contributed by atoms with Crippen LogP contribution in [-0.2, 0) is 28.7 Å². The van der Waals surface area contributed by atoms with E-state index in [2.05, 4.69) is 10.6 Å². The van der Waals surface area contributed by atoms with Crippen molar-refractivity contribution in [2.45, 2.75) is 72.2 Å². The lowest BCUT2D eigenvalue weighted by molar-refractivity contribution is -0.154. The Hall–Kier alpha value is -2.10. The number of carbonyl (C=O) groups excluding carboxylic acids is 5. The van der Waals surface area contributed by atoms with Crippen LogP contribution >= 0.6 is 11.8 Å². The fraction of sp³-hybridized carbons (Fsp3) is 0.750. The predicted molar refractivity (Wildman–Crippen MR) is 116 cm³/mol. The van der Waals surface area contributed by atoms with Gasteiger partial charge in [-0.2, -0.15) is 0 Å². The topological polar surface area (TPSA) is 122 Å². The number of rotatable bonds is 11. The summed E-state index contributed by atoms with van der Waals surface area (Å²) in [6.07, 6.45) is 0. The summed E-state index contributed by atoms with van der Waals surface area (Å²) < 4.78 is 4.99. The molecule has 3 amide bonds. The summed E-state index contributed by atoms with van der Waals surface area (Å²) in [5.41, 5.74) is -1.33. The van der Waals surface area contributed by atoms with Crippen LogP contribution in [0.25, 0.3) is 0 Å². The summed E-state index contributed by atoms with van der Waals surface area (Å²) >= 11 is 0.909. The van der Waals surface area contributed by atoms with Crippen molar-refractivity contribution in [3.8, 4) is 0 Å². The van der Waals surface area contributed by atoms with Gasteiger partial charge < -0.3 is 20.3 Å². The van der Waals surface area contributed by atoms with Crippen LogP contribution in [0.4, 0.5) is 0 Å². The van der Waals surface area contributed by atoms with E-state index in [0.717, 1.165) is 11.8 Å². The molecule has 0 fully saturated rings. The third-order valence-corrected chi connectivity index (χ3v) is 5.66. The molecule has 9 nitrogen and oxygen atoms in total. The molecule has 0 rings (SSSR count). The maximum atomic E-state index is 12.6. The van der Waals surface area contributed by atoms with E-state index in [4.69, 9.17) is 4.74 Å². The molecule has 172 valence electrons. The summed E-state index contributed by atoms with van der Waals surface area (Å²) in [5, 5.41) is 4.29. The van der Waals surface area contributed by atoms with Crippen LogP contribution in [-0.4, -0.2) is 70.2 Å². The maximum Gasteiger partial charge on any atom is 0.328 e. The van der Waals surface area contributed by atoms with Crippen LogP contribution in [0.2, 0.25) is 0 Å². The summed E-state index contributed by atoms with van der Waals surface area (Å²) in [7, 11) is 0. The lowest BCUT2D eigenvalue weighted by Gasteiger charge is -2.29. The number of thioether (sulfide) groups is 1. The van der Waals surface area contributed by atoms with Crippen LogP contribution in [0.3, 0.4) is 0 Å². The highest BCUT2D eigenvalue weighted by Gasteiger charge is 2.35. The van der Waals surface area contributed by atoms with Gasteiger partial charge in [0.1, 0.15) is 11.6 Å². The number of carbonyl (C=O) groups is 5. The van der Waals surface area contributed by atoms with E-state index in [1.807, 2.05) is 27.7 Å². The first kappa shape index (κ1) is 27.9. The molecule has 30 heavy (non-hydrogen) atoms. The second-order valence-electron chi connectivity index (χ2n) is 7.76. The van der Waals surface area contributed by atoms with E-state index in [1.54, 1.807) is 0 Å². The molecule has 0 aromatic carbocycles. The minimum Gasteiger partial charge on any atom is -0.454 e. The number of nitrogens with one attached hydrogen (secondary N) is 2. The summed E-state index contributed by atoms with van der Waals surface area (Å²) in [6, 6.07) is -1.01. The molecule has 2 N–H and O–H groups in total. The van der Waals surface area contributed by atoms with Crippen molar-refractivity contribution >= 4 is 40.6 Å². The second-order valence-corrected chi connectivity index (χ2v) is 9.08. The molecule has 0 bridgehead atoms. The molecule has 0 aliphatic heterocycles. The number of ether oxygens (including phenoxy) is 1. The number of hydrogen-bond acceptors (Lipinski definition) is 7. The van der Waals surface area contributed by atoms with Gasteiger partial charge in [-0.05, 0) is 40.5 Å². The highest BCUT2D eigenvalue weighted by atomic mass is 32.2. The van der Waals surface area contributed by atoms with Gasteiger partial charge in [0.15, 0.2) is 11.7 Å². The largest absolute Gasteiger partial charge is 0.454 e. The Morgan fingerprint density at radius 2 is 1.57 bits per heavy atom. The van der Waals surface area contributed by atoms with Crippen LogP contribution in [0.1, 0.15) is 55.4 Å². The fourth-order valence-electron chi connectivity index (χ4n) is 2.47. The summed E-state index contributed by atoms with van der Waals surface area (Å²) in [6.45, 7) is 13.7. The van der Waals surface area contributed by atoms with Gasteiger partial charge in [0.2, 0.25) is 11.8 Å². The first-order chi connectivity index (χ1) is 13.8. The minimum atomic E-state index is -1.33. The normalized spacial score (nSPS) is 13.2. The predicted octanol–water partition coefficient (Wildman–Crippen LogP) is 1.10. The molecule has 2 unspecified atom stereocenters. The van der Waals surface area contributed by atoms with Gasteiger partial charge in [-0.1, -0.05) is 25.6 Å². The van der Waals surface area contributed by atoms with Crippen LogP contribution in [0.15, 0.2) is 0 Å². The van der Waals surface area contributed by atoms with E-state index in [0.29, 0.717) is 13.1 Å². The van der Waals surface area contributed by atoms with E-state index < -0.39 is 41.2 Å². The molecule has 0 aliphatic rings. The van der Waals surface area contributed by atoms with Gasteiger partial charge in [-0.25, -0.2) is 4.79 Å². The van der Waals surface area contributed by atoms with Crippen molar-refractivity contribution in [3.63, 3.8) is 0 Å². The van der Waals surface area contributed by atoms with Gasteiger partial charge in [-0.3, -0.25) is 19.2 Å². The van der Waals surface area contributed by atoms with E-state index in [-0.39, 0.29) is 16.9 Å². The summed E-state index contributed by atoms with van der Waals surface area (Å²) in [4.78, 5) is 62.1. The Bertz CT molecular complexity index is 646. The molecule has 0 saturated carbocycles. The van der Waals surface area contributed by atoms with Crippen molar-refractivity contribution < 1.29 is 28.7 Å². The van der Waals surface area contributed by atoms with Crippen LogP contribution in [0.5, 0.6) is 0 Å². The highest BCUT2D eigenvalue weighted by molar-refractivity contribution is 8.14. The van der Waals surface area contributed by atoms with Gasteiger partial charge >= 0.3 is 5.97 Å². The smallest absolute Gasteiger partial charge is 0.328 e. The van der Waals surface area contributed by atoms with E-state index in [1.165, 1.54) is 32.6 Å². The van der Waals surface area contributed by atoms with Crippen molar-refractivity contribution in [3.05, 3.63) is 0 Å². The monoisotopic (exact) mass is 445 g/mol. The number of esters is 1. The van der Waals surface area contributed by atoms with Gasteiger partial charge in [0.05, 0.1) is 5.25 Å². The molecule has 0 radical (unpaired) electrons. The first-order valence-corrected chi connectivity index (χ1v) is 10.9. The molecule has 0 heterocycles. The van der Waals surface area contributed by atoms with Crippen LogP contribution in [0, 0.1) is 5.92 Å². The van der Waals surface area contributed by atoms with Crippen molar-refractivity contribution in [1.82, 2.24) is 15.5 Å². The molecular weight excluding hydrogens is 410 g/mol. The molecule has 0 aliphatic carbocycles. The summed E-state index contributed by atoms with van der Waals surface area (Å²) in [5.74, 6) is -2.22. The highest BCUT2D eigenvalue weighted by Crippen LogP contribution is 2.21. The Kier molecular flexibility index (Phi) is 11.7. The van der Waals surface area contributed by atoms with E-state index in [9.17, 15) is 24.0 Å². The number of amides is 3. The molecule has 0 aromatic rings. The number of hydrogen-bond donors (Lipinski definition) is 2. The second kappa shape index (κ2) is 12.6. The van der Waals surface area contributed by atoms with Crippen molar-refractivity contribution in [2.24, 2.45) is 5.92 Å². The number of likely N-dealkylation sites (N-methyl/N-ethyl adjacent to an activating group) is 1. The third kappa shape index (κ3) is 9.15. The average molecular weight is 446 g/mol. The fourth-order valence-corrected chi connectivity index (χ4v) is 3.26. The van der Waals surface area contributed by atoms with Gasteiger partial charge in [0, 0.05) is 20.0 Å². The zero-order valence-corrected chi connectivity index (χ0v) is 20.0. The lowest BCUT2D eigenvalue weighted by atomic mass is 10.0. The molecule has 0 saturated heterocycles. The maximum absolute atomic E-state index is 12.6. The third-order valence-electron chi connectivity index (χ3n) is 4.32. The van der Waals surface area contributed by atoms with Gasteiger partial charge in [0.25, 0.3) is 5.91 Å². The molecule has 0 aromatic heterocycles. The molecule has 10 heteroatoms. The first-order valence-electron chi connectivity index (χ1n) is 10.0. The standard InChI is InChI=1S/C20H35N3O6S/c1-9-23(10-2)15(25)11-29-18(27)13(5)21-19(28)20(7,8)22-17(26)16(12(3)4)30-14(6)24/h12-13,16H,9-11H2,1-8H3,(H,21,28)(H,22,26). The molecular formula is C20H35N3O6S. The van der Waals surface area contributed by atoms with Crippen LogP contribution < -0.4 is 10.6 Å². The Balaban J connectivity index is 4.88. The van der Waals surface area contributed by atoms with Crippen molar-refractivity contribution in [1.29, 1.82) is 0 Å². The molecule has 2 atom stereocenters. The Labute approximate surface area is 183 Å². The van der Waals surface area contributed by atoms with Gasteiger partial charge in [-0.15, -0.1) is 0 Å². The Morgan fingerprint density at radius 3 is 2.00 bits per heavy atom. The Morgan fingerprint density at radius 1 is 1.03 bits per heavy atom. The zero-order valence-electron chi connectivity index (χ0n) is 19.2. The van der Waals surface area contributed by atoms with Crippen molar-refractivity contribution in [2.75, 3.05) is 19.7 Å². The average Bonchev–Trinajstić information content (AvgIpc) is 2.63. The SMILES string of the molecule is CCN(CC)C(=O)COC(=O)C(C)NC(=O)C(C)(C)NC(=O)C(SC(C)=O)C(C)C. The number of nitrogens with zero attached hydrogens (tertiary/aromatic N) is 1.